The number of hydrogen-bond donors (Lipinski definition) is 0. The molecule has 1 aromatic carbocycles. The van der Waals surface area contributed by atoms with Crippen molar-refractivity contribution in [1.29, 1.82) is 0 Å². The molecule has 0 aliphatic carbocycles. The number of aromatic nitrogens is 1. The van der Waals surface area contributed by atoms with E-state index in [4.69, 9.17) is 19.2 Å². The quantitative estimate of drug-likeness (QED) is 0.490. The van der Waals surface area contributed by atoms with E-state index < -0.39 is 0 Å². The van der Waals surface area contributed by atoms with Gasteiger partial charge in [0.15, 0.2) is 5.17 Å². The minimum atomic E-state index is 0.573. The number of aliphatic imine (C=N–C) groups is 1. The first kappa shape index (κ1) is 23.1. The van der Waals surface area contributed by atoms with E-state index in [1.165, 1.54) is 5.56 Å². The summed E-state index contributed by atoms with van der Waals surface area (Å²) in [4.78, 5) is 14.2. The van der Waals surface area contributed by atoms with E-state index in [2.05, 4.69) is 46.2 Å². The van der Waals surface area contributed by atoms with Crippen molar-refractivity contribution >= 4 is 28.3 Å². The van der Waals surface area contributed by atoms with Gasteiger partial charge in [0, 0.05) is 55.8 Å². The molecule has 3 rings (SSSR count). The number of piperazine rings is 1. The van der Waals surface area contributed by atoms with Crippen LogP contribution in [-0.2, 0) is 6.42 Å². The van der Waals surface area contributed by atoms with Crippen LogP contribution in [0.2, 0.25) is 0 Å². The van der Waals surface area contributed by atoms with Gasteiger partial charge in [0.25, 0.3) is 0 Å². The van der Waals surface area contributed by atoms with Crippen molar-refractivity contribution in [2.75, 3.05) is 58.7 Å². The number of rotatable bonds is 6. The lowest BCUT2D eigenvalue weighted by molar-refractivity contribution is 0.384. The van der Waals surface area contributed by atoms with Crippen LogP contribution in [-0.4, -0.2) is 68.8 Å². The van der Waals surface area contributed by atoms with Gasteiger partial charge in [-0.1, -0.05) is 18.7 Å². The highest BCUT2D eigenvalue weighted by molar-refractivity contribution is 8.13. The molecular weight excluding hydrogens is 412 g/mol. The Labute approximate surface area is 189 Å². The zero-order valence-electron chi connectivity index (χ0n) is 19.3. The SMILES string of the molecule is CCc1cc(N=C(SC)N2CCN(c3cc(OC)cc(OC)c3)CC2)c(OC)nc1C. The molecule has 1 aliphatic rings. The Morgan fingerprint density at radius 2 is 1.65 bits per heavy atom. The Morgan fingerprint density at radius 1 is 1.00 bits per heavy atom. The predicted octanol–water partition coefficient (Wildman–Crippen LogP) is 4.15. The first-order chi connectivity index (χ1) is 15.0. The van der Waals surface area contributed by atoms with E-state index >= 15 is 0 Å². The predicted molar refractivity (Wildman–Crippen MR) is 129 cm³/mol. The molecule has 1 fully saturated rings. The van der Waals surface area contributed by atoms with E-state index in [9.17, 15) is 0 Å². The number of methoxy groups -OCH3 is 3. The zero-order chi connectivity index (χ0) is 22.4. The van der Waals surface area contributed by atoms with Crippen molar-refractivity contribution in [3.05, 3.63) is 35.5 Å². The molecule has 0 bridgehead atoms. The van der Waals surface area contributed by atoms with E-state index in [1.807, 2.05) is 13.0 Å². The second-order valence-corrected chi connectivity index (χ2v) is 8.03. The van der Waals surface area contributed by atoms with Crippen molar-refractivity contribution in [1.82, 2.24) is 9.88 Å². The van der Waals surface area contributed by atoms with Crippen molar-refractivity contribution < 1.29 is 14.2 Å². The molecule has 0 radical (unpaired) electrons. The fourth-order valence-corrected chi connectivity index (χ4v) is 4.31. The van der Waals surface area contributed by atoms with Crippen LogP contribution in [0.1, 0.15) is 18.2 Å². The van der Waals surface area contributed by atoms with Gasteiger partial charge in [-0.25, -0.2) is 9.98 Å². The Bertz CT molecular complexity index is 905. The normalized spacial score (nSPS) is 14.6. The molecular formula is C23H32N4O3S. The molecule has 1 aliphatic heterocycles. The standard InChI is InChI=1S/C23H32N4O3S/c1-7-17-12-21(22(30-5)24-16(17)2)25-23(31-6)27-10-8-26(9-11-27)18-13-19(28-3)15-20(14-18)29-4/h12-15H,7-11H2,1-6H3. The first-order valence-corrected chi connectivity index (χ1v) is 11.7. The molecule has 0 saturated carbocycles. The summed E-state index contributed by atoms with van der Waals surface area (Å²) in [6, 6.07) is 8.09. The number of aryl methyl sites for hydroxylation is 2. The summed E-state index contributed by atoms with van der Waals surface area (Å²) in [6.07, 6.45) is 2.98. The number of anilines is 1. The summed E-state index contributed by atoms with van der Waals surface area (Å²) in [5.74, 6) is 2.17. The number of thioether (sulfide) groups is 1. The smallest absolute Gasteiger partial charge is 0.240 e. The summed E-state index contributed by atoms with van der Waals surface area (Å²) in [5, 5.41) is 0.980. The summed E-state index contributed by atoms with van der Waals surface area (Å²) in [6.45, 7) is 7.67. The molecule has 168 valence electrons. The van der Waals surface area contributed by atoms with Crippen LogP contribution in [0.3, 0.4) is 0 Å². The number of hydrogen-bond acceptors (Lipinski definition) is 7. The maximum atomic E-state index is 5.50. The Morgan fingerprint density at radius 3 is 2.16 bits per heavy atom. The summed E-state index contributed by atoms with van der Waals surface area (Å²) in [5.41, 5.74) is 4.08. The lowest BCUT2D eigenvalue weighted by Crippen LogP contribution is -2.48. The summed E-state index contributed by atoms with van der Waals surface area (Å²) >= 11 is 1.65. The van der Waals surface area contributed by atoms with Gasteiger partial charge in [0.2, 0.25) is 5.88 Å². The lowest BCUT2D eigenvalue weighted by atomic mass is 10.1. The summed E-state index contributed by atoms with van der Waals surface area (Å²) < 4.78 is 16.3. The molecule has 0 spiro atoms. The van der Waals surface area contributed by atoms with Crippen LogP contribution in [0, 0.1) is 6.92 Å². The van der Waals surface area contributed by atoms with Gasteiger partial charge in [-0.15, -0.1) is 0 Å². The largest absolute Gasteiger partial charge is 0.497 e. The van der Waals surface area contributed by atoms with Gasteiger partial charge in [0.1, 0.15) is 17.2 Å². The second kappa shape index (κ2) is 10.6. The molecule has 1 saturated heterocycles. The Balaban J connectivity index is 1.78. The molecule has 0 unspecified atom stereocenters. The molecule has 1 aromatic heterocycles. The van der Waals surface area contributed by atoms with Crippen molar-refractivity contribution in [2.24, 2.45) is 4.99 Å². The van der Waals surface area contributed by atoms with Crippen LogP contribution in [0.5, 0.6) is 17.4 Å². The van der Waals surface area contributed by atoms with Gasteiger partial charge < -0.3 is 24.0 Å². The molecule has 2 aromatic rings. The molecule has 31 heavy (non-hydrogen) atoms. The molecule has 7 nitrogen and oxygen atoms in total. The first-order valence-electron chi connectivity index (χ1n) is 10.4. The molecule has 0 N–H and O–H groups in total. The van der Waals surface area contributed by atoms with Crippen molar-refractivity contribution in [3.8, 4) is 17.4 Å². The number of pyridine rings is 1. The van der Waals surface area contributed by atoms with E-state index in [0.717, 1.165) is 66.3 Å². The average Bonchev–Trinajstić information content (AvgIpc) is 2.82. The monoisotopic (exact) mass is 444 g/mol. The number of benzene rings is 1. The van der Waals surface area contributed by atoms with Crippen LogP contribution >= 0.6 is 11.8 Å². The third kappa shape index (κ3) is 5.36. The molecule has 0 atom stereocenters. The van der Waals surface area contributed by atoms with Gasteiger partial charge in [-0.05, 0) is 31.2 Å². The third-order valence-electron chi connectivity index (χ3n) is 5.49. The highest BCUT2D eigenvalue weighted by Gasteiger charge is 2.21. The van der Waals surface area contributed by atoms with E-state index in [0.29, 0.717) is 5.88 Å². The van der Waals surface area contributed by atoms with Gasteiger partial charge in [0.05, 0.1) is 21.3 Å². The fraction of sp³-hybridized carbons (Fsp3) is 0.478. The van der Waals surface area contributed by atoms with Gasteiger partial charge >= 0.3 is 0 Å². The maximum Gasteiger partial charge on any atom is 0.240 e. The maximum absolute atomic E-state index is 5.50. The van der Waals surface area contributed by atoms with Gasteiger partial charge in [-0.2, -0.15) is 0 Å². The van der Waals surface area contributed by atoms with E-state index in [1.54, 1.807) is 33.1 Å². The third-order valence-corrected chi connectivity index (χ3v) is 6.20. The van der Waals surface area contributed by atoms with Crippen molar-refractivity contribution in [2.45, 2.75) is 20.3 Å². The molecule has 8 heteroatoms. The van der Waals surface area contributed by atoms with Crippen LogP contribution in [0.4, 0.5) is 11.4 Å². The second-order valence-electron chi connectivity index (χ2n) is 7.26. The molecule has 2 heterocycles. The Kier molecular flexibility index (Phi) is 7.90. The highest BCUT2D eigenvalue weighted by atomic mass is 32.2. The van der Waals surface area contributed by atoms with Crippen LogP contribution in [0.25, 0.3) is 0 Å². The molecule has 0 amide bonds. The summed E-state index contributed by atoms with van der Waals surface area (Å²) in [7, 11) is 5.00. The van der Waals surface area contributed by atoms with Crippen molar-refractivity contribution in [3.63, 3.8) is 0 Å². The fourth-order valence-electron chi connectivity index (χ4n) is 3.68. The zero-order valence-corrected chi connectivity index (χ0v) is 20.1. The number of amidine groups is 1. The minimum Gasteiger partial charge on any atom is -0.497 e. The van der Waals surface area contributed by atoms with Gasteiger partial charge in [-0.3, -0.25) is 0 Å². The average molecular weight is 445 g/mol. The number of nitrogens with zero attached hydrogens (tertiary/aromatic N) is 4. The highest BCUT2D eigenvalue weighted by Crippen LogP contribution is 2.31. The minimum absolute atomic E-state index is 0.573. The topological polar surface area (TPSA) is 59.4 Å². The van der Waals surface area contributed by atoms with Crippen LogP contribution < -0.4 is 19.1 Å². The Hall–Kier alpha value is -2.61. The van der Waals surface area contributed by atoms with E-state index in [-0.39, 0.29) is 0 Å². The lowest BCUT2D eigenvalue weighted by Gasteiger charge is -2.37. The van der Waals surface area contributed by atoms with Crippen LogP contribution in [0.15, 0.2) is 29.3 Å². The number of ether oxygens (including phenoxy) is 3.